The minimum absolute atomic E-state index is 0.0496. The van der Waals surface area contributed by atoms with Gasteiger partial charge in [-0.3, -0.25) is 14.6 Å². The summed E-state index contributed by atoms with van der Waals surface area (Å²) in [5.41, 5.74) is 7.48. The van der Waals surface area contributed by atoms with Crippen molar-refractivity contribution in [3.8, 4) is 0 Å². The van der Waals surface area contributed by atoms with Gasteiger partial charge in [0.15, 0.2) is 27.1 Å². The monoisotopic (exact) mass is 434 g/mol. The number of rotatable bonds is 5. The SMILES string of the molecule is Cc1cccc(CSc2nc(N)c(NC(=O)c3ccc(Br)o3)c(=O)[nH]2)c1. The van der Waals surface area contributed by atoms with Crippen LogP contribution in [0, 0.1) is 6.92 Å². The fourth-order valence-electron chi connectivity index (χ4n) is 2.22. The second-order valence-electron chi connectivity index (χ2n) is 5.47. The van der Waals surface area contributed by atoms with Gasteiger partial charge in [0.1, 0.15) is 0 Å². The van der Waals surface area contributed by atoms with E-state index in [1.54, 1.807) is 6.07 Å². The number of carbonyl (C=O) groups excluding carboxylic acids is 1. The summed E-state index contributed by atoms with van der Waals surface area (Å²) < 4.78 is 5.55. The summed E-state index contributed by atoms with van der Waals surface area (Å²) in [5.74, 6) is 0.0406. The number of nitrogens with zero attached hydrogens (tertiary/aromatic N) is 1. The molecule has 0 fully saturated rings. The number of benzene rings is 1. The van der Waals surface area contributed by atoms with Crippen LogP contribution in [0.1, 0.15) is 21.7 Å². The average Bonchev–Trinajstić information content (AvgIpc) is 3.03. The fourth-order valence-corrected chi connectivity index (χ4v) is 3.34. The van der Waals surface area contributed by atoms with Crippen LogP contribution in [0.2, 0.25) is 0 Å². The Morgan fingerprint density at radius 1 is 1.38 bits per heavy atom. The minimum Gasteiger partial charge on any atom is -0.444 e. The maximum atomic E-state index is 12.3. The van der Waals surface area contributed by atoms with Gasteiger partial charge in [-0.2, -0.15) is 0 Å². The summed E-state index contributed by atoms with van der Waals surface area (Å²) in [6.07, 6.45) is 0. The Hall–Kier alpha value is -2.52. The number of nitrogens with two attached hydrogens (primary N) is 1. The zero-order valence-corrected chi connectivity index (χ0v) is 16.1. The molecule has 4 N–H and O–H groups in total. The van der Waals surface area contributed by atoms with Crippen molar-refractivity contribution in [2.45, 2.75) is 17.8 Å². The van der Waals surface area contributed by atoms with Gasteiger partial charge in [0.2, 0.25) is 0 Å². The molecule has 134 valence electrons. The summed E-state index contributed by atoms with van der Waals surface area (Å²) in [4.78, 5) is 31.1. The molecule has 0 bridgehead atoms. The van der Waals surface area contributed by atoms with Gasteiger partial charge in [-0.05, 0) is 40.5 Å². The van der Waals surface area contributed by atoms with E-state index in [0.29, 0.717) is 15.6 Å². The van der Waals surface area contributed by atoms with Crippen molar-refractivity contribution in [2.24, 2.45) is 0 Å². The highest BCUT2D eigenvalue weighted by molar-refractivity contribution is 9.10. The highest BCUT2D eigenvalue weighted by Gasteiger charge is 2.16. The molecule has 0 radical (unpaired) electrons. The van der Waals surface area contributed by atoms with Crippen molar-refractivity contribution in [3.05, 3.63) is 68.3 Å². The highest BCUT2D eigenvalue weighted by Crippen LogP contribution is 2.22. The second-order valence-corrected chi connectivity index (χ2v) is 7.21. The lowest BCUT2D eigenvalue weighted by Gasteiger charge is -2.08. The summed E-state index contributed by atoms with van der Waals surface area (Å²) in [5, 5.41) is 2.80. The van der Waals surface area contributed by atoms with Crippen LogP contribution in [0.4, 0.5) is 11.5 Å². The van der Waals surface area contributed by atoms with Crippen molar-refractivity contribution in [3.63, 3.8) is 0 Å². The molecular formula is C17H15BrN4O3S. The summed E-state index contributed by atoms with van der Waals surface area (Å²) in [7, 11) is 0. The Balaban J connectivity index is 1.73. The van der Waals surface area contributed by atoms with Crippen LogP contribution in [0.3, 0.4) is 0 Å². The second kappa shape index (κ2) is 7.79. The summed E-state index contributed by atoms with van der Waals surface area (Å²) in [6.45, 7) is 2.02. The number of hydrogen-bond acceptors (Lipinski definition) is 6. The van der Waals surface area contributed by atoms with Gasteiger partial charge in [0, 0.05) is 5.75 Å². The molecule has 0 aliphatic rings. The quantitative estimate of drug-likeness (QED) is 0.417. The molecule has 0 unspecified atom stereocenters. The van der Waals surface area contributed by atoms with Crippen LogP contribution in [-0.2, 0) is 5.75 Å². The van der Waals surface area contributed by atoms with E-state index in [-0.39, 0.29) is 17.3 Å². The molecule has 0 spiro atoms. The molecular weight excluding hydrogens is 420 g/mol. The van der Waals surface area contributed by atoms with Crippen LogP contribution >= 0.6 is 27.7 Å². The Labute approximate surface area is 161 Å². The smallest absolute Gasteiger partial charge is 0.291 e. The molecule has 3 aromatic rings. The number of halogens is 1. The number of aromatic amines is 1. The van der Waals surface area contributed by atoms with Crippen LogP contribution in [0.15, 0.2) is 55.4 Å². The van der Waals surface area contributed by atoms with E-state index >= 15 is 0 Å². The number of nitrogen functional groups attached to an aromatic ring is 1. The van der Waals surface area contributed by atoms with Gasteiger partial charge in [0.05, 0.1) is 0 Å². The van der Waals surface area contributed by atoms with E-state index in [1.807, 2.05) is 25.1 Å². The predicted octanol–water partition coefficient (Wildman–Crippen LogP) is 3.56. The molecule has 2 aromatic heterocycles. The number of hydrogen-bond donors (Lipinski definition) is 3. The van der Waals surface area contributed by atoms with Crippen LogP contribution in [-0.4, -0.2) is 15.9 Å². The lowest BCUT2D eigenvalue weighted by atomic mass is 10.2. The van der Waals surface area contributed by atoms with Gasteiger partial charge in [-0.1, -0.05) is 41.6 Å². The van der Waals surface area contributed by atoms with Crippen molar-refractivity contribution >= 4 is 45.1 Å². The van der Waals surface area contributed by atoms with Gasteiger partial charge >= 0.3 is 0 Å². The van der Waals surface area contributed by atoms with E-state index in [9.17, 15) is 9.59 Å². The van der Waals surface area contributed by atoms with E-state index in [0.717, 1.165) is 11.1 Å². The minimum atomic E-state index is -0.588. The standard InChI is InChI=1S/C17H15BrN4O3S/c1-9-3-2-4-10(7-9)8-26-17-21-14(19)13(16(24)22-17)20-15(23)11-5-6-12(18)25-11/h2-7H,8H2,1H3,(H,20,23)(H3,19,21,22,24). The van der Waals surface area contributed by atoms with Crippen molar-refractivity contribution in [2.75, 3.05) is 11.1 Å². The fraction of sp³-hybridized carbons (Fsp3) is 0.118. The normalized spacial score (nSPS) is 10.7. The van der Waals surface area contributed by atoms with Gasteiger partial charge < -0.3 is 15.5 Å². The number of carbonyl (C=O) groups is 1. The molecule has 7 nitrogen and oxygen atoms in total. The first-order chi connectivity index (χ1) is 12.4. The third kappa shape index (κ3) is 4.36. The maximum absolute atomic E-state index is 12.3. The Morgan fingerprint density at radius 2 is 2.19 bits per heavy atom. The molecule has 0 saturated carbocycles. The number of furan rings is 1. The van der Waals surface area contributed by atoms with Crippen LogP contribution in [0.25, 0.3) is 0 Å². The highest BCUT2D eigenvalue weighted by atomic mass is 79.9. The predicted molar refractivity (Wildman–Crippen MR) is 104 cm³/mol. The van der Waals surface area contributed by atoms with Crippen LogP contribution in [0.5, 0.6) is 0 Å². The zero-order chi connectivity index (χ0) is 18.7. The first-order valence-electron chi connectivity index (χ1n) is 7.57. The summed E-state index contributed by atoms with van der Waals surface area (Å²) in [6, 6.07) is 11.1. The van der Waals surface area contributed by atoms with E-state index in [1.165, 1.54) is 17.8 Å². The molecule has 0 saturated heterocycles. The zero-order valence-electron chi connectivity index (χ0n) is 13.7. The lowest BCUT2D eigenvalue weighted by molar-refractivity contribution is 0.0995. The Bertz CT molecular complexity index is 1020. The molecule has 3 rings (SSSR count). The Kier molecular flexibility index (Phi) is 5.48. The molecule has 9 heteroatoms. The van der Waals surface area contributed by atoms with E-state index in [2.05, 4.69) is 37.3 Å². The molecule has 2 heterocycles. The largest absolute Gasteiger partial charge is 0.444 e. The maximum Gasteiger partial charge on any atom is 0.291 e. The molecule has 0 atom stereocenters. The third-order valence-electron chi connectivity index (χ3n) is 3.42. The number of anilines is 2. The van der Waals surface area contributed by atoms with Gasteiger partial charge in [-0.25, -0.2) is 4.98 Å². The third-order valence-corrected chi connectivity index (χ3v) is 4.79. The van der Waals surface area contributed by atoms with Gasteiger partial charge in [0.25, 0.3) is 11.5 Å². The van der Waals surface area contributed by atoms with Crippen molar-refractivity contribution < 1.29 is 9.21 Å². The molecule has 0 aliphatic heterocycles. The first-order valence-corrected chi connectivity index (χ1v) is 9.35. The molecule has 1 amide bonds. The number of nitrogens with one attached hydrogen (secondary N) is 2. The van der Waals surface area contributed by atoms with Crippen molar-refractivity contribution in [1.29, 1.82) is 0 Å². The number of amides is 1. The summed E-state index contributed by atoms with van der Waals surface area (Å²) >= 11 is 4.46. The number of thioether (sulfide) groups is 1. The van der Waals surface area contributed by atoms with E-state index in [4.69, 9.17) is 10.2 Å². The van der Waals surface area contributed by atoms with Crippen LogP contribution < -0.4 is 16.6 Å². The molecule has 26 heavy (non-hydrogen) atoms. The number of aromatic nitrogens is 2. The topological polar surface area (TPSA) is 114 Å². The molecule has 1 aromatic carbocycles. The number of aryl methyl sites for hydroxylation is 1. The lowest BCUT2D eigenvalue weighted by Crippen LogP contribution is -2.22. The van der Waals surface area contributed by atoms with E-state index < -0.39 is 11.5 Å². The number of H-pyrrole nitrogens is 1. The molecule has 0 aliphatic carbocycles. The van der Waals surface area contributed by atoms with Crippen molar-refractivity contribution in [1.82, 2.24) is 9.97 Å². The average molecular weight is 435 g/mol. The Morgan fingerprint density at radius 3 is 2.85 bits per heavy atom. The first kappa shape index (κ1) is 18.3. The van der Waals surface area contributed by atoms with Gasteiger partial charge in [-0.15, -0.1) is 0 Å².